The van der Waals surface area contributed by atoms with Crippen molar-refractivity contribution in [3.63, 3.8) is 0 Å². The van der Waals surface area contributed by atoms with Gasteiger partial charge in [-0.05, 0) is 37.9 Å². The number of ether oxygens (including phenoxy) is 2. The molecule has 0 aliphatic heterocycles. The third-order valence-electron chi connectivity index (χ3n) is 8.44. The van der Waals surface area contributed by atoms with Crippen LogP contribution in [0.5, 0.6) is 11.5 Å². The molecule has 0 aliphatic rings. The summed E-state index contributed by atoms with van der Waals surface area (Å²) in [6, 6.07) is 5.57. The van der Waals surface area contributed by atoms with Gasteiger partial charge < -0.3 is 25.0 Å². The maximum atomic E-state index is 13.0. The second-order valence-electron chi connectivity index (χ2n) is 12.7. The number of hydrogen-bond donors (Lipinski definition) is 3. The number of amides is 1. The Labute approximate surface area is 276 Å². The molecular weight excluding hydrogens is 564 g/mol. The van der Waals surface area contributed by atoms with Crippen LogP contribution in [-0.2, 0) is 0 Å². The molecule has 0 saturated heterocycles. The summed E-state index contributed by atoms with van der Waals surface area (Å²) >= 11 is 0. The molecule has 0 heterocycles. The van der Waals surface area contributed by atoms with Crippen molar-refractivity contribution in [1.29, 1.82) is 0 Å². The molecule has 0 fully saturated rings. The van der Waals surface area contributed by atoms with E-state index < -0.39 is 0 Å². The Hall–Kier alpha value is -1.83. The molecule has 1 rings (SSSR count). The van der Waals surface area contributed by atoms with Crippen LogP contribution < -0.4 is 14.8 Å². The molecule has 0 unspecified atom stereocenters. The Balaban J connectivity index is 2.50. The van der Waals surface area contributed by atoms with Crippen molar-refractivity contribution >= 4 is 5.91 Å². The third-order valence-corrected chi connectivity index (χ3v) is 8.44. The van der Waals surface area contributed by atoms with Gasteiger partial charge in [-0.3, -0.25) is 9.69 Å². The molecule has 3 N–H and O–H groups in total. The van der Waals surface area contributed by atoms with Crippen molar-refractivity contribution in [2.75, 3.05) is 52.6 Å². The lowest BCUT2D eigenvalue weighted by Crippen LogP contribution is -2.33. The highest BCUT2D eigenvalue weighted by molar-refractivity contribution is 5.95. The lowest BCUT2D eigenvalue weighted by Gasteiger charge is -2.20. The van der Waals surface area contributed by atoms with Gasteiger partial charge in [-0.1, -0.05) is 129 Å². The molecule has 0 radical (unpaired) electrons. The highest BCUT2D eigenvalue weighted by Crippen LogP contribution is 2.24. The highest BCUT2D eigenvalue weighted by Gasteiger charge is 2.11. The van der Waals surface area contributed by atoms with E-state index in [1.807, 2.05) is 23.1 Å². The van der Waals surface area contributed by atoms with Crippen LogP contribution in [0, 0.1) is 0 Å². The molecular formula is C38H70N2O5. The van der Waals surface area contributed by atoms with E-state index in [2.05, 4.69) is 19.2 Å². The Kier molecular flexibility index (Phi) is 28.2. The molecule has 1 amide bonds. The van der Waals surface area contributed by atoms with Crippen LogP contribution in [0.4, 0.5) is 0 Å². The molecule has 0 bridgehead atoms. The minimum atomic E-state index is -0.140. The average Bonchev–Trinajstić information content (AvgIpc) is 3.04. The Morgan fingerprint density at radius 1 is 0.578 bits per heavy atom. The lowest BCUT2D eigenvalue weighted by molar-refractivity contribution is 0.0948. The molecule has 0 saturated carbocycles. The number of aliphatic hydroxyl groups excluding tert-OH is 2. The van der Waals surface area contributed by atoms with Gasteiger partial charge >= 0.3 is 0 Å². The van der Waals surface area contributed by atoms with Crippen molar-refractivity contribution in [2.45, 2.75) is 149 Å². The van der Waals surface area contributed by atoms with Gasteiger partial charge in [0.15, 0.2) is 0 Å². The van der Waals surface area contributed by atoms with Gasteiger partial charge in [0, 0.05) is 31.3 Å². The van der Waals surface area contributed by atoms with Crippen LogP contribution in [0.3, 0.4) is 0 Å². The van der Waals surface area contributed by atoms with Crippen molar-refractivity contribution in [3.05, 3.63) is 23.8 Å². The molecule has 7 heteroatoms. The van der Waals surface area contributed by atoms with Gasteiger partial charge in [0.05, 0.1) is 26.4 Å². The van der Waals surface area contributed by atoms with Crippen molar-refractivity contribution in [1.82, 2.24) is 10.2 Å². The number of nitrogens with one attached hydrogen (secondary N) is 1. The average molecular weight is 635 g/mol. The number of nitrogens with zero attached hydrogens (tertiary/aromatic N) is 1. The zero-order valence-corrected chi connectivity index (χ0v) is 29.3. The minimum Gasteiger partial charge on any atom is -0.493 e. The van der Waals surface area contributed by atoms with Crippen LogP contribution in [0.15, 0.2) is 18.2 Å². The summed E-state index contributed by atoms with van der Waals surface area (Å²) < 4.78 is 12.2. The Morgan fingerprint density at radius 3 is 1.38 bits per heavy atom. The van der Waals surface area contributed by atoms with E-state index in [0.717, 1.165) is 19.3 Å². The van der Waals surface area contributed by atoms with Gasteiger partial charge in [0.2, 0.25) is 0 Å². The molecule has 0 spiro atoms. The number of rotatable bonds is 33. The molecule has 262 valence electrons. The lowest BCUT2D eigenvalue weighted by atomic mass is 10.1. The number of benzene rings is 1. The second-order valence-corrected chi connectivity index (χ2v) is 12.7. The van der Waals surface area contributed by atoms with Crippen LogP contribution in [0.2, 0.25) is 0 Å². The summed E-state index contributed by atoms with van der Waals surface area (Å²) in [5.74, 6) is 1.24. The predicted molar refractivity (Wildman–Crippen MR) is 189 cm³/mol. The van der Waals surface area contributed by atoms with Gasteiger partial charge in [-0.2, -0.15) is 0 Å². The van der Waals surface area contributed by atoms with Crippen molar-refractivity contribution in [2.24, 2.45) is 0 Å². The van der Waals surface area contributed by atoms with Crippen LogP contribution in [0.25, 0.3) is 0 Å². The quantitative estimate of drug-likeness (QED) is 0.0670. The van der Waals surface area contributed by atoms with Crippen LogP contribution in [-0.4, -0.2) is 73.6 Å². The summed E-state index contributed by atoms with van der Waals surface area (Å²) in [4.78, 5) is 15.0. The normalized spacial score (nSPS) is 11.3. The van der Waals surface area contributed by atoms with E-state index in [-0.39, 0.29) is 19.1 Å². The first kappa shape index (κ1) is 41.2. The number of carbonyl (C=O) groups is 1. The minimum absolute atomic E-state index is 0.0557. The van der Waals surface area contributed by atoms with E-state index in [1.54, 1.807) is 0 Å². The largest absolute Gasteiger partial charge is 0.493 e. The van der Waals surface area contributed by atoms with Crippen LogP contribution in [0.1, 0.15) is 159 Å². The monoisotopic (exact) mass is 635 g/mol. The molecule has 45 heavy (non-hydrogen) atoms. The maximum Gasteiger partial charge on any atom is 0.251 e. The zero-order valence-electron chi connectivity index (χ0n) is 29.3. The van der Waals surface area contributed by atoms with E-state index in [9.17, 15) is 15.0 Å². The van der Waals surface area contributed by atoms with Crippen molar-refractivity contribution < 1.29 is 24.5 Å². The topological polar surface area (TPSA) is 91.3 Å². The molecule has 7 nitrogen and oxygen atoms in total. The fourth-order valence-electron chi connectivity index (χ4n) is 5.65. The van der Waals surface area contributed by atoms with E-state index in [4.69, 9.17) is 9.47 Å². The second kappa shape index (κ2) is 30.8. The fraction of sp³-hybridized carbons (Fsp3) is 0.816. The van der Waals surface area contributed by atoms with Gasteiger partial charge in [-0.25, -0.2) is 0 Å². The first-order chi connectivity index (χ1) is 22.1. The molecule has 1 aromatic carbocycles. The standard InChI is InChI=1S/C38H70N2O5/c1-3-5-7-9-11-13-15-17-19-21-30-44-36-32-35(38(43)39-24-23-25-40(26-28-41)27-29-42)33-37(34-36)45-31-22-20-18-16-14-12-10-8-6-4-2/h32-34,41-42H,3-31H2,1-2H3,(H,39,43). The first-order valence-electron chi connectivity index (χ1n) is 18.8. The highest BCUT2D eigenvalue weighted by atomic mass is 16.5. The third kappa shape index (κ3) is 24.1. The number of aliphatic hydroxyl groups is 2. The number of unbranched alkanes of at least 4 members (excludes halogenated alkanes) is 18. The molecule has 1 aromatic rings. The summed E-state index contributed by atoms with van der Waals surface area (Å²) in [6.07, 6.45) is 26.4. The van der Waals surface area contributed by atoms with Crippen LogP contribution >= 0.6 is 0 Å². The zero-order chi connectivity index (χ0) is 32.6. The van der Waals surface area contributed by atoms with Gasteiger partial charge in [0.1, 0.15) is 11.5 Å². The predicted octanol–water partition coefficient (Wildman–Crippen LogP) is 8.69. The number of hydrogen-bond acceptors (Lipinski definition) is 6. The summed E-state index contributed by atoms with van der Waals surface area (Å²) in [6.45, 7) is 8.19. The smallest absolute Gasteiger partial charge is 0.251 e. The first-order valence-corrected chi connectivity index (χ1v) is 18.8. The van der Waals surface area contributed by atoms with E-state index >= 15 is 0 Å². The van der Waals surface area contributed by atoms with Gasteiger partial charge in [-0.15, -0.1) is 0 Å². The number of carbonyl (C=O) groups excluding carboxylic acids is 1. The molecule has 0 aromatic heterocycles. The summed E-state index contributed by atoms with van der Waals surface area (Å²) in [5, 5.41) is 21.4. The Morgan fingerprint density at radius 2 is 0.978 bits per heavy atom. The molecule has 0 aliphatic carbocycles. The molecule has 0 atom stereocenters. The SMILES string of the molecule is CCCCCCCCCCCCOc1cc(OCCCCCCCCCCCC)cc(C(=O)NCCCN(CCO)CCO)c1. The summed E-state index contributed by atoms with van der Waals surface area (Å²) in [7, 11) is 0. The van der Waals surface area contributed by atoms with Gasteiger partial charge in [0.25, 0.3) is 5.91 Å². The Bertz CT molecular complexity index is 756. The summed E-state index contributed by atoms with van der Waals surface area (Å²) in [5.41, 5.74) is 0.552. The van der Waals surface area contributed by atoms with E-state index in [0.29, 0.717) is 56.5 Å². The van der Waals surface area contributed by atoms with Crippen molar-refractivity contribution in [3.8, 4) is 11.5 Å². The fourth-order valence-corrected chi connectivity index (χ4v) is 5.65. The maximum absolute atomic E-state index is 13.0. The van der Waals surface area contributed by atoms with E-state index in [1.165, 1.54) is 116 Å².